The van der Waals surface area contributed by atoms with Crippen molar-refractivity contribution in [1.82, 2.24) is 4.57 Å². The zero-order chi connectivity index (χ0) is 10.8. The van der Waals surface area contributed by atoms with Crippen molar-refractivity contribution in [3.63, 3.8) is 0 Å². The molecule has 1 heterocycles. The first-order valence-corrected chi connectivity index (χ1v) is 6.11. The Hall–Kier alpha value is -0.760. The molecule has 0 aromatic carbocycles. The van der Waals surface area contributed by atoms with Crippen LogP contribution in [0.2, 0.25) is 0 Å². The lowest BCUT2D eigenvalue weighted by molar-refractivity contribution is 0.345. The topological polar surface area (TPSA) is 30.9 Å². The zero-order valence-electron chi connectivity index (χ0n) is 9.92. The van der Waals surface area contributed by atoms with E-state index < -0.39 is 0 Å². The molecule has 2 nitrogen and oxygen atoms in total. The number of nitrogens with two attached hydrogens (primary N) is 1. The molecule has 2 rings (SSSR count). The van der Waals surface area contributed by atoms with E-state index in [0.29, 0.717) is 6.54 Å². The van der Waals surface area contributed by atoms with Crippen LogP contribution in [0.5, 0.6) is 0 Å². The summed E-state index contributed by atoms with van der Waals surface area (Å²) in [6, 6.07) is 2.99. The maximum absolute atomic E-state index is 5.75. The fourth-order valence-corrected chi connectivity index (χ4v) is 2.95. The van der Waals surface area contributed by atoms with Gasteiger partial charge in [0.15, 0.2) is 0 Å². The molecule has 0 amide bonds. The van der Waals surface area contributed by atoms with Crippen LogP contribution in [0.1, 0.15) is 55.1 Å². The molecule has 0 spiro atoms. The SMILES string of the molecule is Cc1cc(CN)c(C)n1C1CCCCC1. The fraction of sp³-hybridized carbons (Fsp3) is 0.692. The van der Waals surface area contributed by atoms with Crippen LogP contribution in [0.4, 0.5) is 0 Å². The molecule has 1 aliphatic carbocycles. The molecular weight excluding hydrogens is 184 g/mol. The molecule has 15 heavy (non-hydrogen) atoms. The van der Waals surface area contributed by atoms with E-state index in [2.05, 4.69) is 24.5 Å². The molecule has 1 aliphatic rings. The monoisotopic (exact) mass is 206 g/mol. The van der Waals surface area contributed by atoms with Gasteiger partial charge in [-0.15, -0.1) is 0 Å². The fourth-order valence-electron chi connectivity index (χ4n) is 2.95. The van der Waals surface area contributed by atoms with Crippen LogP contribution >= 0.6 is 0 Å². The summed E-state index contributed by atoms with van der Waals surface area (Å²) in [6.45, 7) is 5.09. The van der Waals surface area contributed by atoms with Crippen LogP contribution in [0.3, 0.4) is 0 Å². The van der Waals surface area contributed by atoms with Gasteiger partial charge in [-0.1, -0.05) is 19.3 Å². The number of hydrogen-bond acceptors (Lipinski definition) is 1. The highest BCUT2D eigenvalue weighted by Crippen LogP contribution is 2.31. The third-order valence-electron chi connectivity index (χ3n) is 3.75. The van der Waals surface area contributed by atoms with Crippen molar-refractivity contribution in [3.05, 3.63) is 23.0 Å². The van der Waals surface area contributed by atoms with Gasteiger partial charge < -0.3 is 10.3 Å². The van der Waals surface area contributed by atoms with E-state index in [-0.39, 0.29) is 0 Å². The minimum absolute atomic E-state index is 0.673. The Kier molecular flexibility index (Phi) is 3.15. The van der Waals surface area contributed by atoms with Gasteiger partial charge in [0.1, 0.15) is 0 Å². The lowest BCUT2D eigenvalue weighted by Crippen LogP contribution is -2.15. The summed E-state index contributed by atoms with van der Waals surface area (Å²) >= 11 is 0. The minimum Gasteiger partial charge on any atom is -0.346 e. The van der Waals surface area contributed by atoms with E-state index in [4.69, 9.17) is 5.73 Å². The number of aromatic nitrogens is 1. The maximum atomic E-state index is 5.75. The van der Waals surface area contributed by atoms with Gasteiger partial charge in [-0.05, 0) is 38.3 Å². The van der Waals surface area contributed by atoms with Crippen LogP contribution in [0, 0.1) is 13.8 Å². The molecule has 0 saturated heterocycles. The summed E-state index contributed by atoms with van der Waals surface area (Å²) in [5, 5.41) is 0. The van der Waals surface area contributed by atoms with E-state index in [9.17, 15) is 0 Å². The van der Waals surface area contributed by atoms with Gasteiger partial charge in [-0.3, -0.25) is 0 Å². The predicted molar refractivity (Wildman–Crippen MR) is 63.9 cm³/mol. The Morgan fingerprint density at radius 3 is 2.47 bits per heavy atom. The molecule has 0 atom stereocenters. The van der Waals surface area contributed by atoms with Gasteiger partial charge in [0.2, 0.25) is 0 Å². The summed E-state index contributed by atoms with van der Waals surface area (Å²) in [5.74, 6) is 0. The van der Waals surface area contributed by atoms with Crippen molar-refractivity contribution in [2.75, 3.05) is 0 Å². The van der Waals surface area contributed by atoms with Crippen molar-refractivity contribution < 1.29 is 0 Å². The molecular formula is C13H22N2. The molecule has 0 radical (unpaired) electrons. The van der Waals surface area contributed by atoms with Gasteiger partial charge in [-0.25, -0.2) is 0 Å². The highest BCUT2D eigenvalue weighted by molar-refractivity contribution is 5.27. The van der Waals surface area contributed by atoms with E-state index in [1.807, 2.05) is 0 Å². The van der Waals surface area contributed by atoms with Crippen LogP contribution < -0.4 is 5.73 Å². The summed E-state index contributed by atoms with van der Waals surface area (Å²) in [5.41, 5.74) is 9.85. The van der Waals surface area contributed by atoms with Gasteiger partial charge in [0, 0.05) is 24.0 Å². The second-order valence-electron chi connectivity index (χ2n) is 4.76. The normalized spacial score (nSPS) is 18.3. The molecule has 0 bridgehead atoms. The van der Waals surface area contributed by atoms with Gasteiger partial charge in [-0.2, -0.15) is 0 Å². The lowest BCUT2D eigenvalue weighted by Gasteiger charge is -2.26. The zero-order valence-corrected chi connectivity index (χ0v) is 9.92. The van der Waals surface area contributed by atoms with Crippen molar-refractivity contribution >= 4 is 0 Å². The molecule has 1 aromatic rings. The molecule has 1 saturated carbocycles. The standard InChI is InChI=1S/C13H22N2/c1-10-8-12(9-14)11(2)15(10)13-6-4-3-5-7-13/h8,13H,3-7,9,14H2,1-2H3. The molecule has 84 valence electrons. The second-order valence-corrected chi connectivity index (χ2v) is 4.76. The smallest absolute Gasteiger partial charge is 0.0335 e. The highest BCUT2D eigenvalue weighted by atomic mass is 15.0. The highest BCUT2D eigenvalue weighted by Gasteiger charge is 2.19. The average Bonchev–Trinajstić information content (AvgIpc) is 2.55. The Bertz CT molecular complexity index is 333. The van der Waals surface area contributed by atoms with Crippen molar-refractivity contribution in [1.29, 1.82) is 0 Å². The first kappa shape index (κ1) is 10.7. The third kappa shape index (κ3) is 1.96. The Morgan fingerprint density at radius 2 is 1.93 bits per heavy atom. The molecule has 0 unspecified atom stereocenters. The van der Waals surface area contributed by atoms with Gasteiger partial charge in [0.25, 0.3) is 0 Å². The summed E-state index contributed by atoms with van der Waals surface area (Å²) in [4.78, 5) is 0. The van der Waals surface area contributed by atoms with Crippen LogP contribution in [0.25, 0.3) is 0 Å². The molecule has 0 aliphatic heterocycles. The van der Waals surface area contributed by atoms with Gasteiger partial charge in [0.05, 0.1) is 0 Å². The Labute approximate surface area is 92.5 Å². The molecule has 2 N–H and O–H groups in total. The van der Waals surface area contributed by atoms with Crippen molar-refractivity contribution in [3.8, 4) is 0 Å². The van der Waals surface area contributed by atoms with E-state index in [1.165, 1.54) is 49.1 Å². The summed E-state index contributed by atoms with van der Waals surface area (Å²) in [7, 11) is 0. The summed E-state index contributed by atoms with van der Waals surface area (Å²) < 4.78 is 2.52. The first-order valence-electron chi connectivity index (χ1n) is 6.11. The van der Waals surface area contributed by atoms with Crippen LogP contribution in [-0.2, 0) is 6.54 Å². The quantitative estimate of drug-likeness (QED) is 0.792. The number of aryl methyl sites for hydroxylation is 1. The van der Waals surface area contributed by atoms with E-state index in [0.717, 1.165) is 6.04 Å². The maximum Gasteiger partial charge on any atom is 0.0335 e. The van der Waals surface area contributed by atoms with E-state index >= 15 is 0 Å². The largest absolute Gasteiger partial charge is 0.346 e. The van der Waals surface area contributed by atoms with E-state index in [1.54, 1.807) is 0 Å². The average molecular weight is 206 g/mol. The first-order chi connectivity index (χ1) is 7.24. The number of rotatable bonds is 2. The number of hydrogen-bond donors (Lipinski definition) is 1. The molecule has 1 fully saturated rings. The predicted octanol–water partition coefficient (Wildman–Crippen LogP) is 3.07. The second kappa shape index (κ2) is 4.40. The number of nitrogens with zero attached hydrogens (tertiary/aromatic N) is 1. The summed E-state index contributed by atoms with van der Waals surface area (Å²) in [6.07, 6.45) is 6.89. The Morgan fingerprint density at radius 1 is 1.27 bits per heavy atom. The van der Waals surface area contributed by atoms with Crippen LogP contribution in [-0.4, -0.2) is 4.57 Å². The molecule has 1 aromatic heterocycles. The molecule has 2 heteroatoms. The third-order valence-corrected chi connectivity index (χ3v) is 3.75. The Balaban J connectivity index is 2.29. The minimum atomic E-state index is 0.673. The lowest BCUT2D eigenvalue weighted by atomic mass is 9.95. The van der Waals surface area contributed by atoms with Crippen molar-refractivity contribution in [2.24, 2.45) is 5.73 Å². The van der Waals surface area contributed by atoms with Gasteiger partial charge >= 0.3 is 0 Å². The van der Waals surface area contributed by atoms with Crippen LogP contribution in [0.15, 0.2) is 6.07 Å². The van der Waals surface area contributed by atoms with Crippen molar-refractivity contribution in [2.45, 2.75) is 58.5 Å².